The highest BCUT2D eigenvalue weighted by atomic mass is 32.2. The predicted octanol–water partition coefficient (Wildman–Crippen LogP) is 14.7. The minimum atomic E-state index is -5.14. The van der Waals surface area contributed by atoms with E-state index in [2.05, 4.69) is 14.4 Å². The minimum absolute atomic E-state index is 0.00295. The molecule has 0 bridgehead atoms. The number of aryl methyl sites for hydroxylation is 1. The molecular formula is C62H46O19S5. The number of hydrogen-bond acceptors (Lipinski definition) is 19. The van der Waals surface area contributed by atoms with Gasteiger partial charge in [-0.2, -0.15) is 16.8 Å². The van der Waals surface area contributed by atoms with Gasteiger partial charge in [0.2, 0.25) is 9.84 Å². The predicted molar refractivity (Wildman–Crippen MR) is 318 cm³/mol. The summed E-state index contributed by atoms with van der Waals surface area (Å²) in [5, 5.41) is 26.2. The van der Waals surface area contributed by atoms with Crippen molar-refractivity contribution in [1.82, 2.24) is 0 Å². The van der Waals surface area contributed by atoms with E-state index in [1.54, 1.807) is 42.5 Å². The molecule has 19 nitrogen and oxygen atoms in total. The SMILES string of the molecule is COc1cc2cc(Oc3ccc(C(=O)c4ccc(COc5ccc(-c6ccc(Oc7ccc(S(=O)(=O)c8ccc(C)cc8)cc7)c(-c7ccccc7)c6)cc5-c5ccccc5)c(SOOO)c4)cc3S(=O)(=O)O)c(SOOO)cc2cc1S(=O)(=O)O. The number of ketones is 1. The van der Waals surface area contributed by atoms with Gasteiger partial charge >= 0.3 is 0 Å². The van der Waals surface area contributed by atoms with E-state index in [4.69, 9.17) is 28.5 Å². The van der Waals surface area contributed by atoms with Crippen LogP contribution in [0, 0.1) is 6.92 Å². The van der Waals surface area contributed by atoms with Crippen molar-refractivity contribution in [3.8, 4) is 67.9 Å². The number of hydrogen-bond donors (Lipinski definition) is 4. The zero-order valence-electron chi connectivity index (χ0n) is 44.8. The summed E-state index contributed by atoms with van der Waals surface area (Å²) in [5.41, 5.74) is 6.05. The van der Waals surface area contributed by atoms with Crippen LogP contribution < -0.4 is 18.9 Å². The highest BCUT2D eigenvalue weighted by molar-refractivity contribution is 7.95. The fourth-order valence-electron chi connectivity index (χ4n) is 9.13. The molecule has 438 valence electrons. The molecule has 10 aromatic carbocycles. The van der Waals surface area contributed by atoms with Crippen molar-refractivity contribution in [2.24, 2.45) is 0 Å². The van der Waals surface area contributed by atoms with Crippen molar-refractivity contribution < 1.29 is 87.4 Å². The molecule has 0 aliphatic rings. The number of ether oxygens (including phenoxy) is 4. The van der Waals surface area contributed by atoms with Gasteiger partial charge in [-0.3, -0.25) is 13.9 Å². The van der Waals surface area contributed by atoms with Crippen LogP contribution in [0.5, 0.6) is 34.5 Å². The Kier molecular flexibility index (Phi) is 18.4. The highest BCUT2D eigenvalue weighted by Crippen LogP contribution is 2.44. The molecule has 0 saturated carbocycles. The molecule has 0 heterocycles. The first-order chi connectivity index (χ1) is 41.3. The van der Waals surface area contributed by atoms with Crippen molar-refractivity contribution in [3.05, 3.63) is 229 Å². The Hall–Kier alpha value is -8.44. The number of rotatable bonds is 23. The molecule has 0 aliphatic heterocycles. The number of sulfone groups is 1. The summed E-state index contributed by atoms with van der Waals surface area (Å²) in [7, 11) is -12.5. The Balaban J connectivity index is 0.918. The van der Waals surface area contributed by atoms with Gasteiger partial charge in [0.1, 0.15) is 50.9 Å². The van der Waals surface area contributed by atoms with Crippen molar-refractivity contribution >= 4 is 70.7 Å². The molecule has 0 unspecified atom stereocenters. The van der Waals surface area contributed by atoms with E-state index in [0.29, 0.717) is 46.9 Å². The second kappa shape index (κ2) is 26.0. The van der Waals surface area contributed by atoms with Crippen molar-refractivity contribution in [2.45, 2.75) is 42.9 Å². The summed E-state index contributed by atoms with van der Waals surface area (Å²) in [6, 6.07) is 56.3. The van der Waals surface area contributed by atoms with Gasteiger partial charge < -0.3 is 18.9 Å². The van der Waals surface area contributed by atoms with Crippen molar-refractivity contribution in [1.29, 1.82) is 0 Å². The zero-order valence-corrected chi connectivity index (χ0v) is 48.9. The molecule has 10 aromatic rings. The Morgan fingerprint density at radius 2 is 0.977 bits per heavy atom. The van der Waals surface area contributed by atoms with Crippen LogP contribution in [0.1, 0.15) is 27.0 Å². The summed E-state index contributed by atoms with van der Waals surface area (Å²) in [6.45, 7) is 1.78. The van der Waals surface area contributed by atoms with Crippen LogP contribution in [0.4, 0.5) is 0 Å². The standard InChI is InChI=1S/C62H46O19S5/c1-38-13-22-49(23-14-38)84(66,67)50-24-20-48(21-25-50)76-54-27-18-42(30-52(54)40-11-7-4-8-12-40)41-17-26-53(51(29-41)39-9-5-3-6-10-39)75-37-45-16-15-43(33-58(45)82-80-78-64)62(63)44-19-28-55(60(35-44)85(68,69)70)77-56-31-46-32-57(74-2)61(86(71,72)73)36-47(46)34-59(56)83-81-79-65/h3-36,64-65H,37H2,1-2H3,(H,68,69,70)(H,71,72,73). The van der Waals surface area contributed by atoms with E-state index in [1.165, 1.54) is 55.6 Å². The number of benzene rings is 10. The average molecular weight is 1260 g/mol. The van der Waals surface area contributed by atoms with Crippen LogP contribution in [-0.2, 0) is 55.4 Å². The van der Waals surface area contributed by atoms with Crippen LogP contribution in [0.3, 0.4) is 0 Å². The summed E-state index contributed by atoms with van der Waals surface area (Å²) in [4.78, 5) is 13.3. The Bertz CT molecular complexity index is 4510. The Labute approximate surface area is 501 Å². The second-order valence-corrected chi connectivity index (χ2v) is 25.0. The number of fused-ring (bicyclic) bond motifs is 1. The van der Waals surface area contributed by atoms with Crippen LogP contribution in [0.2, 0.25) is 0 Å². The average Bonchev–Trinajstić information content (AvgIpc) is 1.49. The number of methoxy groups -OCH3 is 1. The molecule has 4 N–H and O–H groups in total. The van der Waals surface area contributed by atoms with Gasteiger partial charge in [-0.25, -0.2) is 18.9 Å². The maximum atomic E-state index is 14.2. The fourth-order valence-corrected chi connectivity index (χ4v) is 12.7. The van der Waals surface area contributed by atoms with E-state index < -0.39 is 51.4 Å². The third kappa shape index (κ3) is 13.8. The monoisotopic (exact) mass is 1250 g/mol. The maximum absolute atomic E-state index is 14.2. The first-order valence-electron chi connectivity index (χ1n) is 25.3. The minimum Gasteiger partial charge on any atom is -0.495 e. The number of carbonyl (C=O) groups is 1. The molecule has 0 aromatic heterocycles. The molecule has 0 amide bonds. The third-order valence-electron chi connectivity index (χ3n) is 13.3. The molecular weight excluding hydrogens is 1210 g/mol. The topological polar surface area (TPSA) is 274 Å². The maximum Gasteiger partial charge on any atom is 0.298 e. The molecule has 0 aliphatic carbocycles. The summed E-state index contributed by atoms with van der Waals surface area (Å²) >= 11 is 0.919. The van der Waals surface area contributed by atoms with Gasteiger partial charge in [-0.05, 0) is 149 Å². The van der Waals surface area contributed by atoms with E-state index in [9.17, 15) is 44.4 Å². The highest BCUT2D eigenvalue weighted by Gasteiger charge is 2.26. The van der Waals surface area contributed by atoms with Gasteiger partial charge in [0.05, 0.1) is 45.9 Å². The first-order valence-corrected chi connectivity index (χ1v) is 31.2. The van der Waals surface area contributed by atoms with Crippen LogP contribution >= 0.6 is 24.1 Å². The van der Waals surface area contributed by atoms with E-state index in [1.807, 2.05) is 104 Å². The summed E-state index contributed by atoms with van der Waals surface area (Å²) in [5.74, 6) is -0.183. The quantitative estimate of drug-likeness (QED) is 0.0152. The summed E-state index contributed by atoms with van der Waals surface area (Å²) in [6.07, 6.45) is 0. The van der Waals surface area contributed by atoms with Crippen LogP contribution in [-0.4, -0.2) is 57.8 Å². The lowest BCUT2D eigenvalue weighted by Crippen LogP contribution is -2.08. The van der Waals surface area contributed by atoms with Gasteiger partial charge in [0.15, 0.2) is 5.78 Å². The van der Waals surface area contributed by atoms with Crippen LogP contribution in [0.15, 0.2) is 236 Å². The van der Waals surface area contributed by atoms with E-state index in [-0.39, 0.29) is 59.6 Å². The molecule has 0 radical (unpaired) electrons. The Morgan fingerprint density at radius 3 is 1.57 bits per heavy atom. The first kappa shape index (κ1) is 60.7. The Morgan fingerprint density at radius 1 is 0.465 bits per heavy atom. The lowest BCUT2D eigenvalue weighted by atomic mass is 9.95. The third-order valence-corrected chi connectivity index (χ3v) is 18.2. The lowest BCUT2D eigenvalue weighted by molar-refractivity contribution is -0.432. The molecule has 0 fully saturated rings. The molecule has 86 heavy (non-hydrogen) atoms. The van der Waals surface area contributed by atoms with Gasteiger partial charge in [-0.1, -0.05) is 113 Å². The lowest BCUT2D eigenvalue weighted by Gasteiger charge is -2.17. The molecule has 0 atom stereocenters. The van der Waals surface area contributed by atoms with Gasteiger partial charge in [0, 0.05) is 32.7 Å². The van der Waals surface area contributed by atoms with Gasteiger partial charge in [0.25, 0.3) is 20.2 Å². The second-order valence-electron chi connectivity index (χ2n) is 18.8. The largest absolute Gasteiger partial charge is 0.495 e. The zero-order chi connectivity index (χ0) is 60.8. The molecule has 24 heteroatoms. The number of carbonyl (C=O) groups excluding carboxylic acids is 1. The normalized spacial score (nSPS) is 11.8. The van der Waals surface area contributed by atoms with E-state index in [0.717, 1.165) is 57.1 Å². The van der Waals surface area contributed by atoms with Crippen molar-refractivity contribution in [2.75, 3.05) is 7.11 Å². The molecule has 0 saturated heterocycles. The van der Waals surface area contributed by atoms with Gasteiger partial charge in [-0.15, -0.1) is 8.67 Å². The molecule has 0 spiro atoms. The smallest absolute Gasteiger partial charge is 0.298 e. The van der Waals surface area contributed by atoms with E-state index >= 15 is 0 Å². The molecule has 10 rings (SSSR count). The van der Waals surface area contributed by atoms with Crippen molar-refractivity contribution in [3.63, 3.8) is 0 Å². The fraction of sp³-hybridized carbons (Fsp3) is 0.0484. The summed E-state index contributed by atoms with van der Waals surface area (Å²) < 4.78 is 131. The van der Waals surface area contributed by atoms with Crippen LogP contribution in [0.25, 0.3) is 44.2 Å².